The van der Waals surface area contributed by atoms with E-state index in [4.69, 9.17) is 0 Å². The van der Waals surface area contributed by atoms with Gasteiger partial charge in [-0.15, -0.1) is 0 Å². The van der Waals surface area contributed by atoms with E-state index in [1.54, 1.807) is 0 Å². The van der Waals surface area contributed by atoms with E-state index >= 15 is 0 Å². The smallest absolute Gasteiger partial charge is 0.171 e. The lowest BCUT2D eigenvalue weighted by atomic mass is 10.0. The van der Waals surface area contributed by atoms with Crippen molar-refractivity contribution >= 4 is 0 Å². The molecule has 0 saturated carbocycles. The first-order valence-corrected chi connectivity index (χ1v) is 10.6. The number of hydrogen-bond donors (Lipinski definition) is 0. The second kappa shape index (κ2) is 12.6. The van der Waals surface area contributed by atoms with Crippen molar-refractivity contribution in [2.45, 2.75) is 91.0 Å². The molecule has 2 rings (SSSR count). The molecule has 0 amide bonds. The van der Waals surface area contributed by atoms with Gasteiger partial charge < -0.3 is 0 Å². The molecule has 2 heterocycles. The molecule has 2 nitrogen and oxygen atoms in total. The molecule has 0 saturated heterocycles. The first-order valence-electron chi connectivity index (χ1n) is 10.6. The Labute approximate surface area is 160 Å². The highest BCUT2D eigenvalue weighted by Gasteiger charge is 2.02. The number of pyridine rings is 2. The number of unbranched alkanes of at least 4 members (excludes halogenated alkanes) is 9. The first-order chi connectivity index (χ1) is 12.8. The van der Waals surface area contributed by atoms with Gasteiger partial charge in [0, 0.05) is 30.4 Å². The second-order valence-electron chi connectivity index (χ2n) is 7.70. The lowest BCUT2D eigenvalue weighted by molar-refractivity contribution is -0.697. The molecule has 142 valence electrons. The summed E-state index contributed by atoms with van der Waals surface area (Å²) in [5.41, 5.74) is 4.16. The Morgan fingerprint density at radius 3 is 2.04 bits per heavy atom. The van der Waals surface area contributed by atoms with Gasteiger partial charge in [0.1, 0.15) is 6.54 Å². The minimum absolute atomic E-state index is 1.16. The van der Waals surface area contributed by atoms with Crippen LogP contribution in [0.3, 0.4) is 0 Å². The zero-order valence-electron chi connectivity index (χ0n) is 16.9. The number of rotatable bonds is 13. The van der Waals surface area contributed by atoms with Crippen LogP contribution in [0.15, 0.2) is 43.0 Å². The van der Waals surface area contributed by atoms with Crippen LogP contribution in [-0.4, -0.2) is 4.98 Å². The summed E-state index contributed by atoms with van der Waals surface area (Å²) in [7, 11) is 0. The molecule has 2 heteroatoms. The Hall–Kier alpha value is -1.70. The highest BCUT2D eigenvalue weighted by molar-refractivity contribution is 5.16. The molecule has 0 fully saturated rings. The Kier molecular flexibility index (Phi) is 10.0. The quantitative estimate of drug-likeness (QED) is 0.313. The van der Waals surface area contributed by atoms with Crippen LogP contribution in [0.4, 0.5) is 0 Å². The maximum absolute atomic E-state index is 4.18. The predicted molar refractivity (Wildman–Crippen MR) is 110 cm³/mol. The van der Waals surface area contributed by atoms with E-state index in [1.807, 2.05) is 18.5 Å². The summed E-state index contributed by atoms with van der Waals surface area (Å²) in [6, 6.07) is 6.45. The van der Waals surface area contributed by atoms with Crippen LogP contribution in [0.5, 0.6) is 0 Å². The summed E-state index contributed by atoms with van der Waals surface area (Å²) in [6.45, 7) is 5.54. The number of nitrogens with zero attached hydrogens (tertiary/aromatic N) is 2. The Morgan fingerprint density at radius 1 is 0.769 bits per heavy atom. The number of aryl methyl sites for hydroxylation is 4. The van der Waals surface area contributed by atoms with E-state index in [-0.39, 0.29) is 0 Å². The number of aromatic nitrogens is 2. The molecule has 0 atom stereocenters. The van der Waals surface area contributed by atoms with Gasteiger partial charge in [0.05, 0.1) is 0 Å². The van der Waals surface area contributed by atoms with Crippen LogP contribution in [0.25, 0.3) is 0 Å². The van der Waals surface area contributed by atoms with Crippen LogP contribution in [0.2, 0.25) is 0 Å². The summed E-state index contributed by atoms with van der Waals surface area (Å²) in [5.74, 6) is 0. The highest BCUT2D eigenvalue weighted by atomic mass is 14.9. The molecular formula is C24H37N2+. The monoisotopic (exact) mass is 353 g/mol. The lowest BCUT2D eigenvalue weighted by Crippen LogP contribution is -2.33. The van der Waals surface area contributed by atoms with Gasteiger partial charge in [-0.1, -0.05) is 51.0 Å². The molecule has 0 N–H and O–H groups in total. The molecule has 0 aliphatic carbocycles. The third-order valence-electron chi connectivity index (χ3n) is 5.35. The van der Waals surface area contributed by atoms with Crippen molar-refractivity contribution in [1.29, 1.82) is 0 Å². The molecule has 0 aromatic carbocycles. The summed E-state index contributed by atoms with van der Waals surface area (Å²) >= 11 is 0. The van der Waals surface area contributed by atoms with Crippen molar-refractivity contribution in [3.05, 3.63) is 59.7 Å². The average molecular weight is 354 g/mol. The highest BCUT2D eigenvalue weighted by Crippen LogP contribution is 2.12. The van der Waals surface area contributed by atoms with Gasteiger partial charge in [0.2, 0.25) is 0 Å². The van der Waals surface area contributed by atoms with Crippen LogP contribution in [-0.2, 0) is 13.0 Å². The van der Waals surface area contributed by atoms with Crippen molar-refractivity contribution in [2.24, 2.45) is 0 Å². The Balaban J connectivity index is 1.36. The molecule has 2 aromatic heterocycles. The normalized spacial score (nSPS) is 11.0. The second-order valence-corrected chi connectivity index (χ2v) is 7.70. The molecule has 0 spiro atoms. The van der Waals surface area contributed by atoms with Crippen LogP contribution in [0, 0.1) is 13.8 Å². The van der Waals surface area contributed by atoms with Crippen LogP contribution < -0.4 is 4.57 Å². The molecule has 2 aromatic rings. The fraction of sp³-hybridized carbons (Fsp3) is 0.583. The van der Waals surface area contributed by atoms with Gasteiger partial charge in [0.15, 0.2) is 12.4 Å². The predicted octanol–water partition coefficient (Wildman–Crippen LogP) is 6.13. The van der Waals surface area contributed by atoms with E-state index in [2.05, 4.69) is 47.9 Å². The minimum atomic E-state index is 1.16. The van der Waals surface area contributed by atoms with Gasteiger partial charge in [-0.25, -0.2) is 4.57 Å². The maximum atomic E-state index is 4.18. The number of hydrogen-bond acceptors (Lipinski definition) is 1. The van der Waals surface area contributed by atoms with Gasteiger partial charge in [-0.05, 0) is 50.3 Å². The molecule has 0 unspecified atom stereocenters. The van der Waals surface area contributed by atoms with Gasteiger partial charge in [-0.2, -0.15) is 0 Å². The van der Waals surface area contributed by atoms with Crippen molar-refractivity contribution in [3.8, 4) is 0 Å². The zero-order chi connectivity index (χ0) is 18.5. The van der Waals surface area contributed by atoms with E-state index in [0.29, 0.717) is 0 Å². The standard InChI is InChI=1S/C24H37N2/c1-22-16-19-26(21-23(22)2)18-12-10-8-6-4-3-5-7-9-11-14-24-15-13-17-25-20-24/h13,15-17,19-21H,3-12,14,18H2,1-2H3/q+1. The minimum Gasteiger partial charge on any atom is -0.264 e. The molecule has 0 bridgehead atoms. The molecule has 0 aliphatic rings. The fourth-order valence-corrected chi connectivity index (χ4v) is 3.46. The van der Waals surface area contributed by atoms with E-state index in [0.717, 1.165) is 6.54 Å². The largest absolute Gasteiger partial charge is 0.264 e. The zero-order valence-corrected chi connectivity index (χ0v) is 16.9. The van der Waals surface area contributed by atoms with Crippen molar-refractivity contribution in [2.75, 3.05) is 0 Å². The Morgan fingerprint density at radius 2 is 1.42 bits per heavy atom. The van der Waals surface area contributed by atoms with Crippen molar-refractivity contribution in [1.82, 2.24) is 4.98 Å². The van der Waals surface area contributed by atoms with E-state index in [9.17, 15) is 0 Å². The maximum Gasteiger partial charge on any atom is 0.171 e. The fourth-order valence-electron chi connectivity index (χ4n) is 3.46. The third-order valence-corrected chi connectivity index (χ3v) is 5.35. The summed E-state index contributed by atoms with van der Waals surface area (Å²) in [6.07, 6.45) is 23.3. The Bertz CT molecular complexity index is 607. The van der Waals surface area contributed by atoms with Crippen molar-refractivity contribution < 1.29 is 4.57 Å². The average Bonchev–Trinajstić information content (AvgIpc) is 2.66. The van der Waals surface area contributed by atoms with E-state index in [1.165, 1.54) is 87.3 Å². The van der Waals surface area contributed by atoms with Crippen LogP contribution >= 0.6 is 0 Å². The van der Waals surface area contributed by atoms with E-state index < -0.39 is 0 Å². The SMILES string of the molecule is Cc1cc[n+](CCCCCCCCCCCCc2cccnc2)cc1C. The van der Waals surface area contributed by atoms with Gasteiger partial charge in [0.25, 0.3) is 0 Å². The van der Waals surface area contributed by atoms with Gasteiger partial charge >= 0.3 is 0 Å². The summed E-state index contributed by atoms with van der Waals surface area (Å²) in [4.78, 5) is 4.18. The lowest BCUT2D eigenvalue weighted by Gasteiger charge is -2.03. The first kappa shape index (κ1) is 20.6. The molecule has 26 heavy (non-hydrogen) atoms. The summed E-state index contributed by atoms with van der Waals surface area (Å²) in [5, 5.41) is 0. The van der Waals surface area contributed by atoms with Gasteiger partial charge in [-0.3, -0.25) is 4.98 Å². The third kappa shape index (κ3) is 8.60. The summed E-state index contributed by atoms with van der Waals surface area (Å²) < 4.78 is 2.34. The molecule has 0 aliphatic heterocycles. The topological polar surface area (TPSA) is 16.8 Å². The van der Waals surface area contributed by atoms with Crippen molar-refractivity contribution in [3.63, 3.8) is 0 Å². The molecule has 0 radical (unpaired) electrons. The van der Waals surface area contributed by atoms with Crippen LogP contribution in [0.1, 0.15) is 80.9 Å². The molecular weight excluding hydrogens is 316 g/mol.